The van der Waals surface area contributed by atoms with Gasteiger partial charge in [0.1, 0.15) is 18.1 Å². The SMILES string of the molecule is COc1ccc(C(C)(C)c2ccc(OCc3ccnc(N4CC(O)C4)n3)cc2)cc1. The standard InChI is InChI=1S/C24H27N3O3/c1-24(2,17-4-8-21(29-3)9-5-17)18-6-10-22(11-7-18)30-16-19-12-13-25-23(26-19)27-14-20(28)15-27/h4-13,20,28H,14-16H2,1-3H3. The van der Waals surface area contributed by atoms with Gasteiger partial charge in [0.2, 0.25) is 5.95 Å². The molecule has 0 atom stereocenters. The molecule has 1 saturated heterocycles. The van der Waals surface area contributed by atoms with Crippen LogP contribution < -0.4 is 14.4 Å². The Hall–Kier alpha value is -3.12. The van der Waals surface area contributed by atoms with Gasteiger partial charge in [-0.25, -0.2) is 9.97 Å². The summed E-state index contributed by atoms with van der Waals surface area (Å²) in [4.78, 5) is 10.7. The van der Waals surface area contributed by atoms with Crippen molar-refractivity contribution < 1.29 is 14.6 Å². The number of aromatic nitrogens is 2. The highest BCUT2D eigenvalue weighted by atomic mass is 16.5. The minimum Gasteiger partial charge on any atom is -0.497 e. The smallest absolute Gasteiger partial charge is 0.225 e. The zero-order valence-electron chi connectivity index (χ0n) is 17.6. The molecule has 1 aromatic heterocycles. The molecule has 0 spiro atoms. The second-order valence-corrected chi connectivity index (χ2v) is 8.07. The summed E-state index contributed by atoms with van der Waals surface area (Å²) in [5.74, 6) is 2.29. The average Bonchev–Trinajstić information content (AvgIpc) is 2.76. The Bertz CT molecular complexity index is 981. The van der Waals surface area contributed by atoms with E-state index in [1.54, 1.807) is 13.3 Å². The topological polar surface area (TPSA) is 67.7 Å². The molecular formula is C24H27N3O3. The van der Waals surface area contributed by atoms with Crippen LogP contribution in [-0.2, 0) is 12.0 Å². The van der Waals surface area contributed by atoms with Crippen molar-refractivity contribution in [1.82, 2.24) is 9.97 Å². The molecule has 1 aliphatic heterocycles. The number of benzene rings is 2. The maximum atomic E-state index is 9.45. The number of β-amino-alcohol motifs (C(OH)–C–C–N with tert-alkyl or cyclic N) is 1. The van der Waals surface area contributed by atoms with Crippen LogP contribution in [0.2, 0.25) is 0 Å². The van der Waals surface area contributed by atoms with Crippen LogP contribution in [0.15, 0.2) is 60.8 Å². The third-order valence-corrected chi connectivity index (χ3v) is 5.62. The molecular weight excluding hydrogens is 378 g/mol. The van der Waals surface area contributed by atoms with Gasteiger partial charge in [-0.1, -0.05) is 38.1 Å². The Morgan fingerprint density at radius 1 is 0.967 bits per heavy atom. The molecule has 2 aromatic carbocycles. The van der Waals surface area contributed by atoms with E-state index in [9.17, 15) is 5.11 Å². The van der Waals surface area contributed by atoms with E-state index in [1.165, 1.54) is 11.1 Å². The third kappa shape index (κ3) is 4.24. The molecule has 1 aliphatic rings. The molecule has 156 valence electrons. The first-order chi connectivity index (χ1) is 14.5. The lowest BCUT2D eigenvalue weighted by Crippen LogP contribution is -2.51. The predicted molar refractivity (Wildman–Crippen MR) is 116 cm³/mol. The lowest BCUT2D eigenvalue weighted by molar-refractivity contribution is 0.140. The molecule has 0 unspecified atom stereocenters. The summed E-state index contributed by atoms with van der Waals surface area (Å²) in [5, 5.41) is 9.45. The minimum atomic E-state index is -0.283. The average molecular weight is 405 g/mol. The molecule has 1 fully saturated rings. The van der Waals surface area contributed by atoms with E-state index in [2.05, 4.69) is 48.1 Å². The summed E-state index contributed by atoms with van der Waals surface area (Å²) in [6.45, 7) is 5.94. The normalized spacial score (nSPS) is 14.3. The van der Waals surface area contributed by atoms with Crippen molar-refractivity contribution in [2.75, 3.05) is 25.1 Å². The summed E-state index contributed by atoms with van der Waals surface area (Å²) in [6.07, 6.45) is 1.45. The van der Waals surface area contributed by atoms with Crippen molar-refractivity contribution in [3.63, 3.8) is 0 Å². The number of ether oxygens (including phenoxy) is 2. The maximum absolute atomic E-state index is 9.45. The number of hydrogen-bond donors (Lipinski definition) is 1. The highest BCUT2D eigenvalue weighted by Gasteiger charge is 2.26. The molecule has 0 aliphatic carbocycles. The van der Waals surface area contributed by atoms with E-state index in [0.29, 0.717) is 25.6 Å². The van der Waals surface area contributed by atoms with Gasteiger partial charge in [0.15, 0.2) is 0 Å². The number of nitrogens with zero attached hydrogens (tertiary/aromatic N) is 3. The van der Waals surface area contributed by atoms with Crippen LogP contribution >= 0.6 is 0 Å². The van der Waals surface area contributed by atoms with E-state index in [-0.39, 0.29) is 11.5 Å². The van der Waals surface area contributed by atoms with E-state index >= 15 is 0 Å². The Morgan fingerprint density at radius 3 is 2.13 bits per heavy atom. The number of anilines is 1. The van der Waals surface area contributed by atoms with Gasteiger partial charge in [0.05, 0.1) is 18.9 Å². The predicted octanol–water partition coefficient (Wildman–Crippen LogP) is 3.57. The quantitative estimate of drug-likeness (QED) is 0.648. The van der Waals surface area contributed by atoms with Gasteiger partial charge < -0.3 is 19.5 Å². The highest BCUT2D eigenvalue weighted by Crippen LogP contribution is 2.33. The molecule has 30 heavy (non-hydrogen) atoms. The fraction of sp³-hybridized carbons (Fsp3) is 0.333. The molecule has 0 radical (unpaired) electrons. The summed E-state index contributed by atoms with van der Waals surface area (Å²) >= 11 is 0. The summed E-state index contributed by atoms with van der Waals surface area (Å²) < 4.78 is 11.2. The van der Waals surface area contributed by atoms with Crippen LogP contribution in [-0.4, -0.2) is 41.4 Å². The first-order valence-electron chi connectivity index (χ1n) is 10.1. The molecule has 0 bridgehead atoms. The fourth-order valence-electron chi connectivity index (χ4n) is 3.54. The van der Waals surface area contributed by atoms with Gasteiger partial charge in [-0.3, -0.25) is 0 Å². The van der Waals surface area contributed by atoms with Crippen molar-refractivity contribution in [1.29, 1.82) is 0 Å². The van der Waals surface area contributed by atoms with Crippen LogP contribution in [0.3, 0.4) is 0 Å². The van der Waals surface area contributed by atoms with Crippen molar-refractivity contribution in [3.8, 4) is 11.5 Å². The highest BCUT2D eigenvalue weighted by molar-refractivity contribution is 5.42. The van der Waals surface area contributed by atoms with E-state index in [0.717, 1.165) is 17.2 Å². The number of methoxy groups -OCH3 is 1. The lowest BCUT2D eigenvalue weighted by atomic mass is 9.78. The van der Waals surface area contributed by atoms with Crippen molar-refractivity contribution in [2.45, 2.75) is 32.0 Å². The van der Waals surface area contributed by atoms with Crippen molar-refractivity contribution in [2.24, 2.45) is 0 Å². The first-order valence-corrected chi connectivity index (χ1v) is 10.1. The maximum Gasteiger partial charge on any atom is 0.225 e. The molecule has 6 nitrogen and oxygen atoms in total. The van der Waals surface area contributed by atoms with E-state index in [4.69, 9.17) is 9.47 Å². The van der Waals surface area contributed by atoms with Crippen LogP contribution in [0.5, 0.6) is 11.5 Å². The summed E-state index contributed by atoms with van der Waals surface area (Å²) in [7, 11) is 1.68. The second kappa shape index (κ2) is 8.32. The molecule has 3 aromatic rings. The molecule has 2 heterocycles. The van der Waals surface area contributed by atoms with Crippen LogP contribution in [0.1, 0.15) is 30.7 Å². The Labute approximate surface area is 177 Å². The zero-order chi connectivity index (χ0) is 21.1. The molecule has 0 amide bonds. The lowest BCUT2D eigenvalue weighted by Gasteiger charge is -2.35. The van der Waals surface area contributed by atoms with Gasteiger partial charge >= 0.3 is 0 Å². The van der Waals surface area contributed by atoms with Gasteiger partial charge in [-0.15, -0.1) is 0 Å². The Kier molecular flexibility index (Phi) is 5.59. The summed E-state index contributed by atoms with van der Waals surface area (Å²) in [6, 6.07) is 18.2. The number of hydrogen-bond acceptors (Lipinski definition) is 6. The number of aliphatic hydroxyl groups is 1. The first kappa shape index (κ1) is 20.2. The van der Waals surface area contributed by atoms with Gasteiger partial charge in [0.25, 0.3) is 0 Å². The summed E-state index contributed by atoms with van der Waals surface area (Å²) in [5.41, 5.74) is 3.11. The van der Waals surface area contributed by atoms with Crippen LogP contribution in [0.4, 0.5) is 5.95 Å². The van der Waals surface area contributed by atoms with Gasteiger partial charge in [-0.05, 0) is 41.5 Å². The number of rotatable bonds is 7. The van der Waals surface area contributed by atoms with Crippen molar-refractivity contribution >= 4 is 5.95 Å². The van der Waals surface area contributed by atoms with E-state index < -0.39 is 0 Å². The van der Waals surface area contributed by atoms with Crippen LogP contribution in [0.25, 0.3) is 0 Å². The monoisotopic (exact) mass is 405 g/mol. The van der Waals surface area contributed by atoms with E-state index in [1.807, 2.05) is 35.2 Å². The third-order valence-electron chi connectivity index (χ3n) is 5.62. The fourth-order valence-corrected chi connectivity index (χ4v) is 3.54. The molecule has 0 saturated carbocycles. The van der Waals surface area contributed by atoms with Gasteiger partial charge in [0, 0.05) is 24.7 Å². The van der Waals surface area contributed by atoms with Crippen molar-refractivity contribution in [3.05, 3.63) is 77.6 Å². The largest absolute Gasteiger partial charge is 0.497 e. The number of aliphatic hydroxyl groups excluding tert-OH is 1. The van der Waals surface area contributed by atoms with Crippen LogP contribution in [0, 0.1) is 0 Å². The Balaban J connectivity index is 1.40. The second-order valence-electron chi connectivity index (χ2n) is 8.07. The van der Waals surface area contributed by atoms with Gasteiger partial charge in [-0.2, -0.15) is 0 Å². The zero-order valence-corrected chi connectivity index (χ0v) is 17.6. The molecule has 1 N–H and O–H groups in total. The molecule has 6 heteroatoms. The Morgan fingerprint density at radius 2 is 1.57 bits per heavy atom. The minimum absolute atomic E-state index is 0.131. The molecule has 4 rings (SSSR count).